The molecule has 9 heteroatoms. The number of nitrogens with zero attached hydrogens (tertiary/aromatic N) is 6. The van der Waals surface area contributed by atoms with E-state index in [0.717, 1.165) is 85.8 Å². The van der Waals surface area contributed by atoms with Crippen LogP contribution in [0.1, 0.15) is 33.6 Å². The minimum absolute atomic E-state index is 0.0441. The van der Waals surface area contributed by atoms with Crippen molar-refractivity contribution in [2.45, 2.75) is 32.4 Å². The van der Waals surface area contributed by atoms with Crippen LogP contribution < -0.4 is 5.32 Å². The van der Waals surface area contributed by atoms with E-state index in [2.05, 4.69) is 65.4 Å². The minimum atomic E-state index is 0.0441. The lowest BCUT2D eigenvalue weighted by atomic mass is 9.86. The van der Waals surface area contributed by atoms with Gasteiger partial charge in [-0.3, -0.25) is 19.7 Å². The van der Waals surface area contributed by atoms with Crippen molar-refractivity contribution in [1.82, 2.24) is 24.8 Å². The molecule has 1 N–H and O–H groups in total. The lowest BCUT2D eigenvalue weighted by Crippen LogP contribution is -2.50. The van der Waals surface area contributed by atoms with Crippen molar-refractivity contribution in [2.24, 2.45) is 10.9 Å². The Hall–Kier alpha value is -3.69. The first-order valence-corrected chi connectivity index (χ1v) is 14.1. The highest BCUT2D eigenvalue weighted by Crippen LogP contribution is 2.41. The number of pyridine rings is 1. The number of carbonyl (C=O) groups is 1. The number of carbonyl (C=O) groups excluding carboxylic acids is 1. The van der Waals surface area contributed by atoms with Gasteiger partial charge in [0.2, 0.25) is 5.91 Å². The van der Waals surface area contributed by atoms with Gasteiger partial charge in [0.1, 0.15) is 17.0 Å². The Morgan fingerprint density at radius 1 is 1.08 bits per heavy atom. The highest BCUT2D eigenvalue weighted by molar-refractivity contribution is 7.19. The van der Waals surface area contributed by atoms with Crippen LogP contribution in [-0.4, -0.2) is 63.1 Å². The summed E-state index contributed by atoms with van der Waals surface area (Å²) in [6, 6.07) is 10.5. The molecule has 5 heterocycles. The summed E-state index contributed by atoms with van der Waals surface area (Å²) in [4.78, 5) is 37.9. The van der Waals surface area contributed by atoms with E-state index in [1.165, 1.54) is 21.6 Å². The van der Waals surface area contributed by atoms with E-state index in [9.17, 15) is 4.79 Å². The summed E-state index contributed by atoms with van der Waals surface area (Å²) in [6.07, 6.45) is 9.79. The molecule has 0 radical (unpaired) electrons. The Kier molecular flexibility index (Phi) is 6.09. The van der Waals surface area contributed by atoms with E-state index < -0.39 is 0 Å². The van der Waals surface area contributed by atoms with E-state index in [1.807, 2.05) is 18.6 Å². The first kappa shape index (κ1) is 23.4. The number of hydrogen-bond donors (Lipinski definition) is 1. The van der Waals surface area contributed by atoms with Gasteiger partial charge in [-0.2, -0.15) is 0 Å². The fourth-order valence-electron chi connectivity index (χ4n) is 5.86. The van der Waals surface area contributed by atoms with Crippen LogP contribution in [0.15, 0.2) is 54.0 Å². The smallest absolute Gasteiger partial charge is 0.226 e. The number of rotatable bonds is 5. The maximum atomic E-state index is 13.5. The highest BCUT2D eigenvalue weighted by Gasteiger charge is 2.33. The van der Waals surface area contributed by atoms with Crippen molar-refractivity contribution < 1.29 is 4.79 Å². The van der Waals surface area contributed by atoms with Gasteiger partial charge < -0.3 is 10.2 Å². The molecule has 2 aliphatic heterocycles. The molecule has 3 aliphatic rings. The summed E-state index contributed by atoms with van der Waals surface area (Å²) >= 11 is 1.72. The normalized spacial score (nSPS) is 18.9. The van der Waals surface area contributed by atoms with Gasteiger partial charge in [-0.25, -0.2) is 9.97 Å². The number of benzene rings is 1. The van der Waals surface area contributed by atoms with Crippen LogP contribution in [0.5, 0.6) is 0 Å². The Labute approximate surface area is 225 Å². The number of aromatic nitrogens is 3. The number of nitrogens with one attached hydrogen (secondary N) is 1. The molecule has 1 aliphatic carbocycles. The fraction of sp³-hybridized carbons (Fsp3) is 0.345. The Morgan fingerprint density at radius 2 is 1.95 bits per heavy atom. The van der Waals surface area contributed by atoms with Gasteiger partial charge in [0, 0.05) is 67.8 Å². The third-order valence-electron chi connectivity index (χ3n) is 7.93. The van der Waals surface area contributed by atoms with Crippen LogP contribution in [0.4, 0.5) is 11.5 Å². The molecule has 0 bridgehead atoms. The Balaban J connectivity index is 1.04. The second-order valence-electron chi connectivity index (χ2n) is 10.3. The molecule has 38 heavy (non-hydrogen) atoms. The number of thiophene rings is 1. The van der Waals surface area contributed by atoms with Crippen LogP contribution in [-0.2, 0) is 30.7 Å². The summed E-state index contributed by atoms with van der Waals surface area (Å²) in [5, 5.41) is 4.64. The van der Waals surface area contributed by atoms with E-state index in [4.69, 9.17) is 0 Å². The van der Waals surface area contributed by atoms with Gasteiger partial charge in [-0.05, 0) is 65.8 Å². The summed E-state index contributed by atoms with van der Waals surface area (Å²) in [5.74, 6) is 1.20. The lowest BCUT2D eigenvalue weighted by molar-refractivity contribution is -0.137. The fourth-order valence-corrected chi connectivity index (χ4v) is 7.13. The number of hydrogen-bond acceptors (Lipinski definition) is 8. The molecule has 1 aromatic carbocycles. The number of amides is 1. The number of piperazine rings is 1. The summed E-state index contributed by atoms with van der Waals surface area (Å²) in [6.45, 7) is 5.08. The Bertz CT molecular complexity index is 1520. The zero-order valence-electron chi connectivity index (χ0n) is 21.1. The van der Waals surface area contributed by atoms with Gasteiger partial charge in [-0.15, -0.1) is 11.3 Å². The zero-order chi connectivity index (χ0) is 25.5. The SMILES string of the molecule is O=C(C1CCc2c(sc3ncnc(Nc4ccc5c(c4)C=NC5)c23)C1)N1CCN(Cc2ccncc2)CC1. The molecular formula is C29H29N7OS. The van der Waals surface area contributed by atoms with Gasteiger partial charge >= 0.3 is 0 Å². The zero-order valence-corrected chi connectivity index (χ0v) is 22.0. The van der Waals surface area contributed by atoms with E-state index in [0.29, 0.717) is 5.91 Å². The van der Waals surface area contributed by atoms with E-state index in [-0.39, 0.29) is 5.92 Å². The second-order valence-corrected chi connectivity index (χ2v) is 11.4. The van der Waals surface area contributed by atoms with Crippen LogP contribution in [0.2, 0.25) is 0 Å². The van der Waals surface area contributed by atoms with Crippen LogP contribution in [0.3, 0.4) is 0 Å². The van der Waals surface area contributed by atoms with E-state index >= 15 is 0 Å². The van der Waals surface area contributed by atoms with Crippen molar-refractivity contribution in [3.63, 3.8) is 0 Å². The van der Waals surface area contributed by atoms with Gasteiger partial charge in [0.15, 0.2) is 0 Å². The topological polar surface area (TPSA) is 86.6 Å². The quantitative estimate of drug-likeness (QED) is 0.422. The highest BCUT2D eigenvalue weighted by atomic mass is 32.1. The molecule has 1 saturated heterocycles. The second kappa shape index (κ2) is 9.89. The predicted octanol–water partition coefficient (Wildman–Crippen LogP) is 4.21. The molecule has 0 spiro atoms. The summed E-state index contributed by atoms with van der Waals surface area (Å²) in [7, 11) is 0. The maximum absolute atomic E-state index is 13.5. The summed E-state index contributed by atoms with van der Waals surface area (Å²) in [5.41, 5.74) is 5.99. The van der Waals surface area contributed by atoms with E-state index in [1.54, 1.807) is 17.7 Å². The van der Waals surface area contributed by atoms with Crippen LogP contribution in [0.25, 0.3) is 10.2 Å². The molecule has 1 unspecified atom stereocenters. The number of anilines is 2. The Morgan fingerprint density at radius 3 is 2.82 bits per heavy atom. The van der Waals surface area contributed by atoms with Gasteiger partial charge in [0.05, 0.1) is 11.9 Å². The van der Waals surface area contributed by atoms with Gasteiger partial charge in [-0.1, -0.05) is 6.07 Å². The van der Waals surface area contributed by atoms with Crippen LogP contribution in [0, 0.1) is 5.92 Å². The molecule has 8 nitrogen and oxygen atoms in total. The monoisotopic (exact) mass is 523 g/mol. The molecule has 1 fully saturated rings. The lowest BCUT2D eigenvalue weighted by Gasteiger charge is -2.37. The van der Waals surface area contributed by atoms with Crippen LogP contribution >= 0.6 is 11.3 Å². The molecule has 0 saturated carbocycles. The number of aliphatic imine (C=N–C) groups is 1. The third-order valence-corrected chi connectivity index (χ3v) is 9.10. The largest absolute Gasteiger partial charge is 0.340 e. The van der Waals surface area contributed by atoms with Crippen molar-refractivity contribution >= 4 is 45.2 Å². The third kappa shape index (κ3) is 4.46. The van der Waals surface area contributed by atoms with Crippen molar-refractivity contribution in [1.29, 1.82) is 0 Å². The molecule has 4 aromatic rings. The average molecular weight is 524 g/mol. The first-order chi connectivity index (χ1) is 18.7. The minimum Gasteiger partial charge on any atom is -0.340 e. The average Bonchev–Trinajstić information content (AvgIpc) is 3.58. The number of fused-ring (bicyclic) bond motifs is 4. The molecule has 192 valence electrons. The molecule has 3 aromatic heterocycles. The first-order valence-electron chi connectivity index (χ1n) is 13.3. The molecule has 1 atom stereocenters. The van der Waals surface area contributed by atoms with Crippen molar-refractivity contribution in [2.75, 3.05) is 31.5 Å². The number of aryl methyl sites for hydroxylation is 1. The maximum Gasteiger partial charge on any atom is 0.226 e. The standard InChI is InChI=1S/C29H29N7OS/c37-29(36-11-9-35(10-12-36)17-19-5-7-30-8-6-19)20-2-4-24-25(14-20)38-28-26(24)27(32-18-33-28)34-23-3-1-21-15-31-16-22(21)13-23/h1,3,5-8,13,16,18,20H,2,4,9-12,14-15,17H2,(H,32,33,34). The summed E-state index contributed by atoms with van der Waals surface area (Å²) < 4.78 is 0. The molecular weight excluding hydrogens is 494 g/mol. The van der Waals surface area contributed by atoms with Crippen molar-refractivity contribution in [3.05, 3.63) is 76.2 Å². The molecule has 7 rings (SSSR count). The van der Waals surface area contributed by atoms with Gasteiger partial charge in [0.25, 0.3) is 0 Å². The van der Waals surface area contributed by atoms with Crippen molar-refractivity contribution in [3.8, 4) is 0 Å². The molecule has 1 amide bonds. The predicted molar refractivity (Wildman–Crippen MR) is 150 cm³/mol.